The second-order valence-electron chi connectivity index (χ2n) is 3.17. The van der Waals surface area contributed by atoms with Crippen molar-refractivity contribution in [2.24, 2.45) is 5.92 Å². The van der Waals surface area contributed by atoms with Crippen LogP contribution in [0.1, 0.15) is 24.3 Å². The maximum atomic E-state index is 10.6. The van der Waals surface area contributed by atoms with Gasteiger partial charge in [0.2, 0.25) is 0 Å². The molecule has 0 aliphatic heterocycles. The number of aliphatic carboxylic acids is 1. The van der Waals surface area contributed by atoms with Gasteiger partial charge in [0.05, 0.1) is 5.92 Å². The second-order valence-corrected chi connectivity index (χ2v) is 4.17. The summed E-state index contributed by atoms with van der Waals surface area (Å²) < 4.78 is 0. The van der Waals surface area contributed by atoms with Crippen molar-refractivity contribution in [3.05, 3.63) is 21.9 Å². The fourth-order valence-electron chi connectivity index (χ4n) is 1.23. The van der Waals surface area contributed by atoms with E-state index in [1.807, 2.05) is 5.38 Å². The number of hydrogen-bond donors (Lipinski definition) is 1. The SMILES string of the molecule is CCc1ccsc1CC(C)C(=O)O. The van der Waals surface area contributed by atoms with E-state index in [9.17, 15) is 4.79 Å². The number of carboxylic acid groups (broad SMARTS) is 1. The average molecular weight is 198 g/mol. The molecule has 0 amide bonds. The first kappa shape index (κ1) is 10.3. The van der Waals surface area contributed by atoms with Crippen molar-refractivity contribution in [3.8, 4) is 0 Å². The average Bonchev–Trinajstić information content (AvgIpc) is 2.51. The van der Waals surface area contributed by atoms with E-state index >= 15 is 0 Å². The third kappa shape index (κ3) is 2.56. The van der Waals surface area contributed by atoms with Crippen LogP contribution in [0.15, 0.2) is 11.4 Å². The van der Waals surface area contributed by atoms with E-state index in [1.165, 1.54) is 10.4 Å². The Kier molecular flexibility index (Phi) is 3.48. The van der Waals surface area contributed by atoms with Gasteiger partial charge in [-0.05, 0) is 29.9 Å². The highest BCUT2D eigenvalue weighted by Gasteiger charge is 2.14. The minimum atomic E-state index is -0.713. The van der Waals surface area contributed by atoms with Gasteiger partial charge in [-0.3, -0.25) is 4.79 Å². The van der Waals surface area contributed by atoms with Crippen LogP contribution in [0.2, 0.25) is 0 Å². The fourth-order valence-corrected chi connectivity index (χ4v) is 2.33. The lowest BCUT2D eigenvalue weighted by atomic mass is 10.0. The molecule has 0 saturated heterocycles. The number of thiophene rings is 1. The lowest BCUT2D eigenvalue weighted by molar-refractivity contribution is -0.141. The van der Waals surface area contributed by atoms with Crippen molar-refractivity contribution in [2.75, 3.05) is 0 Å². The largest absolute Gasteiger partial charge is 0.481 e. The van der Waals surface area contributed by atoms with E-state index in [0.29, 0.717) is 6.42 Å². The van der Waals surface area contributed by atoms with Gasteiger partial charge in [-0.2, -0.15) is 0 Å². The van der Waals surface area contributed by atoms with Crippen LogP contribution in [0.5, 0.6) is 0 Å². The van der Waals surface area contributed by atoms with E-state index in [0.717, 1.165) is 6.42 Å². The van der Waals surface area contributed by atoms with Gasteiger partial charge in [0, 0.05) is 4.88 Å². The summed E-state index contributed by atoms with van der Waals surface area (Å²) in [5.74, 6) is -0.987. The topological polar surface area (TPSA) is 37.3 Å². The fraction of sp³-hybridized carbons (Fsp3) is 0.500. The smallest absolute Gasteiger partial charge is 0.306 e. The molecule has 1 unspecified atom stereocenters. The van der Waals surface area contributed by atoms with Gasteiger partial charge in [-0.25, -0.2) is 0 Å². The number of carboxylic acids is 1. The van der Waals surface area contributed by atoms with E-state index in [1.54, 1.807) is 18.3 Å². The quantitative estimate of drug-likeness (QED) is 0.807. The zero-order valence-corrected chi connectivity index (χ0v) is 8.73. The zero-order chi connectivity index (χ0) is 9.84. The van der Waals surface area contributed by atoms with Crippen molar-refractivity contribution in [1.29, 1.82) is 0 Å². The number of aryl methyl sites for hydroxylation is 1. The third-order valence-electron chi connectivity index (χ3n) is 2.13. The van der Waals surface area contributed by atoms with Gasteiger partial charge < -0.3 is 5.11 Å². The van der Waals surface area contributed by atoms with Gasteiger partial charge in [0.1, 0.15) is 0 Å². The molecule has 0 radical (unpaired) electrons. The van der Waals surface area contributed by atoms with Crippen molar-refractivity contribution in [1.82, 2.24) is 0 Å². The molecular weight excluding hydrogens is 184 g/mol. The maximum absolute atomic E-state index is 10.6. The predicted octanol–water partition coefficient (Wildman–Crippen LogP) is 2.57. The van der Waals surface area contributed by atoms with E-state index in [4.69, 9.17) is 5.11 Å². The minimum Gasteiger partial charge on any atom is -0.481 e. The first-order chi connectivity index (χ1) is 6.15. The second kappa shape index (κ2) is 4.42. The highest BCUT2D eigenvalue weighted by molar-refractivity contribution is 7.10. The minimum absolute atomic E-state index is 0.274. The molecule has 0 aliphatic rings. The number of hydrogen-bond acceptors (Lipinski definition) is 2. The van der Waals surface area contributed by atoms with E-state index < -0.39 is 5.97 Å². The molecule has 0 spiro atoms. The van der Waals surface area contributed by atoms with Crippen LogP contribution >= 0.6 is 11.3 Å². The molecule has 1 aromatic heterocycles. The Morgan fingerprint density at radius 2 is 2.38 bits per heavy atom. The predicted molar refractivity (Wildman–Crippen MR) is 54.2 cm³/mol. The van der Waals surface area contributed by atoms with Crippen molar-refractivity contribution in [3.63, 3.8) is 0 Å². The summed E-state index contributed by atoms with van der Waals surface area (Å²) in [4.78, 5) is 11.8. The molecule has 0 fully saturated rings. The first-order valence-corrected chi connectivity index (χ1v) is 5.31. The Balaban J connectivity index is 2.68. The Labute approximate surface area is 82.2 Å². The number of carbonyl (C=O) groups is 1. The molecule has 2 nitrogen and oxygen atoms in total. The van der Waals surface area contributed by atoms with Crippen LogP contribution in [-0.4, -0.2) is 11.1 Å². The summed E-state index contributed by atoms with van der Waals surface area (Å²) in [7, 11) is 0. The summed E-state index contributed by atoms with van der Waals surface area (Å²) in [6.45, 7) is 3.85. The van der Waals surface area contributed by atoms with Crippen LogP contribution in [0.3, 0.4) is 0 Å². The lowest BCUT2D eigenvalue weighted by Gasteiger charge is -2.05. The molecule has 1 aromatic rings. The van der Waals surface area contributed by atoms with Crippen molar-refractivity contribution >= 4 is 17.3 Å². The summed E-state index contributed by atoms with van der Waals surface area (Å²) in [6, 6.07) is 2.08. The first-order valence-electron chi connectivity index (χ1n) is 4.43. The molecule has 13 heavy (non-hydrogen) atoms. The normalized spacial score (nSPS) is 12.8. The highest BCUT2D eigenvalue weighted by Crippen LogP contribution is 2.21. The molecule has 0 aliphatic carbocycles. The maximum Gasteiger partial charge on any atom is 0.306 e. The lowest BCUT2D eigenvalue weighted by Crippen LogP contribution is -2.12. The Morgan fingerprint density at radius 1 is 1.69 bits per heavy atom. The summed E-state index contributed by atoms with van der Waals surface area (Å²) in [5.41, 5.74) is 1.29. The standard InChI is InChI=1S/C10H14O2S/c1-3-8-4-5-13-9(8)6-7(2)10(11)12/h4-5,7H,3,6H2,1-2H3,(H,11,12). The molecular formula is C10H14O2S. The summed E-state index contributed by atoms with van der Waals surface area (Å²) in [6.07, 6.45) is 1.65. The van der Waals surface area contributed by atoms with Gasteiger partial charge in [-0.15, -0.1) is 11.3 Å². The van der Waals surface area contributed by atoms with Crippen LogP contribution in [0.25, 0.3) is 0 Å². The van der Waals surface area contributed by atoms with Crippen LogP contribution in [0.4, 0.5) is 0 Å². The Hall–Kier alpha value is -0.830. The molecule has 72 valence electrons. The van der Waals surface area contributed by atoms with Crippen LogP contribution in [0, 0.1) is 5.92 Å². The molecule has 1 atom stereocenters. The monoisotopic (exact) mass is 198 g/mol. The summed E-state index contributed by atoms with van der Waals surface area (Å²) in [5, 5.41) is 10.8. The molecule has 0 bridgehead atoms. The van der Waals surface area contributed by atoms with E-state index in [-0.39, 0.29) is 5.92 Å². The molecule has 0 saturated carbocycles. The van der Waals surface area contributed by atoms with Gasteiger partial charge in [0.15, 0.2) is 0 Å². The molecule has 0 aromatic carbocycles. The Morgan fingerprint density at radius 3 is 2.92 bits per heavy atom. The van der Waals surface area contributed by atoms with Gasteiger partial charge in [-0.1, -0.05) is 13.8 Å². The molecule has 1 N–H and O–H groups in total. The van der Waals surface area contributed by atoms with Crippen molar-refractivity contribution in [2.45, 2.75) is 26.7 Å². The molecule has 1 heterocycles. The molecule has 3 heteroatoms. The zero-order valence-electron chi connectivity index (χ0n) is 7.91. The Bertz CT molecular complexity index is 291. The highest BCUT2D eigenvalue weighted by atomic mass is 32.1. The third-order valence-corrected chi connectivity index (χ3v) is 3.12. The van der Waals surface area contributed by atoms with Crippen molar-refractivity contribution < 1.29 is 9.90 Å². The van der Waals surface area contributed by atoms with Crippen LogP contribution < -0.4 is 0 Å². The van der Waals surface area contributed by atoms with Gasteiger partial charge in [0.25, 0.3) is 0 Å². The molecule has 1 rings (SSSR count). The van der Waals surface area contributed by atoms with Gasteiger partial charge >= 0.3 is 5.97 Å². The van der Waals surface area contributed by atoms with E-state index in [2.05, 4.69) is 13.0 Å². The van der Waals surface area contributed by atoms with Crippen LogP contribution in [-0.2, 0) is 17.6 Å². The summed E-state index contributed by atoms with van der Waals surface area (Å²) >= 11 is 1.66. The number of rotatable bonds is 4.